The topological polar surface area (TPSA) is 3.24 Å². The lowest BCUT2D eigenvalue weighted by molar-refractivity contribution is 1.30. The molecule has 0 aliphatic heterocycles. The maximum Gasteiger partial charge on any atom is 0.0554 e. The van der Waals surface area contributed by atoms with Crippen LogP contribution in [0.5, 0.6) is 0 Å². The van der Waals surface area contributed by atoms with E-state index in [1.807, 2.05) is 11.3 Å². The summed E-state index contributed by atoms with van der Waals surface area (Å²) in [5, 5.41) is 5.08. The average Bonchev–Trinajstić information content (AvgIpc) is 3.55. The molecule has 0 aliphatic rings. The summed E-state index contributed by atoms with van der Waals surface area (Å²) < 4.78 is 2.60. The number of hydrogen-bond acceptors (Lipinski definition) is 2. The van der Waals surface area contributed by atoms with E-state index in [9.17, 15) is 0 Å². The van der Waals surface area contributed by atoms with E-state index in [0.29, 0.717) is 0 Å². The van der Waals surface area contributed by atoms with Crippen LogP contribution in [-0.4, -0.2) is 0 Å². The Kier molecular flexibility index (Phi) is 7.07. The second-order valence-corrected chi connectivity index (χ2v) is 13.2. The van der Waals surface area contributed by atoms with Crippen molar-refractivity contribution in [1.29, 1.82) is 0 Å². The van der Waals surface area contributed by atoms with E-state index in [1.54, 1.807) is 0 Å². The van der Waals surface area contributed by atoms with Crippen molar-refractivity contribution in [3.05, 3.63) is 188 Å². The number of fused-ring (bicyclic) bond motifs is 4. The standard InChI is InChI=1S/C46H31NS/c1-3-12-32(13-4-1)34-22-26-38(27-23-34)47(43-19-11-21-45-46(43)41-18-9-10-20-44(41)48-45)39-28-24-35(25-29-39)42-31-37(33-14-5-2-6-15-33)30-36-16-7-8-17-40(36)42/h1-31H. The van der Waals surface area contributed by atoms with Gasteiger partial charge in [-0.05, 0) is 98.8 Å². The maximum absolute atomic E-state index is 2.42. The summed E-state index contributed by atoms with van der Waals surface area (Å²) in [4.78, 5) is 2.42. The Morgan fingerprint density at radius 3 is 1.60 bits per heavy atom. The zero-order chi connectivity index (χ0) is 31.9. The Labute approximate surface area is 284 Å². The Morgan fingerprint density at radius 2 is 0.896 bits per heavy atom. The molecule has 226 valence electrons. The maximum atomic E-state index is 2.42. The third-order valence-electron chi connectivity index (χ3n) is 9.26. The van der Waals surface area contributed by atoms with Gasteiger partial charge in [0.15, 0.2) is 0 Å². The minimum Gasteiger partial charge on any atom is -0.310 e. The molecule has 9 rings (SSSR count). The lowest BCUT2D eigenvalue weighted by Gasteiger charge is -2.27. The van der Waals surface area contributed by atoms with Gasteiger partial charge in [-0.1, -0.05) is 133 Å². The molecule has 0 atom stereocenters. The van der Waals surface area contributed by atoms with E-state index in [-0.39, 0.29) is 0 Å². The molecule has 8 aromatic carbocycles. The Hall–Kier alpha value is -5.96. The van der Waals surface area contributed by atoms with Crippen molar-refractivity contribution in [3.8, 4) is 33.4 Å². The highest BCUT2D eigenvalue weighted by atomic mass is 32.1. The fourth-order valence-corrected chi connectivity index (χ4v) is 8.07. The summed E-state index contributed by atoms with van der Waals surface area (Å²) in [6.07, 6.45) is 0. The van der Waals surface area contributed by atoms with E-state index in [1.165, 1.54) is 70.0 Å². The molecule has 0 N–H and O–H groups in total. The SMILES string of the molecule is c1ccc(-c2ccc(N(c3ccc(-c4cc(-c5ccccc5)cc5ccccc45)cc3)c3cccc4sc5ccccc5c34)cc2)cc1. The first kappa shape index (κ1) is 28.3. The van der Waals surface area contributed by atoms with E-state index in [4.69, 9.17) is 0 Å². The zero-order valence-electron chi connectivity index (χ0n) is 26.3. The second kappa shape index (κ2) is 12.0. The van der Waals surface area contributed by atoms with Crippen LogP contribution in [0.1, 0.15) is 0 Å². The molecular weight excluding hydrogens is 599 g/mol. The Balaban J connectivity index is 1.20. The number of rotatable bonds is 6. The number of anilines is 3. The van der Waals surface area contributed by atoms with Crippen molar-refractivity contribution in [2.75, 3.05) is 4.90 Å². The number of hydrogen-bond donors (Lipinski definition) is 0. The van der Waals surface area contributed by atoms with Crippen molar-refractivity contribution in [1.82, 2.24) is 0 Å². The first-order chi connectivity index (χ1) is 23.8. The van der Waals surface area contributed by atoms with Crippen LogP contribution in [0, 0.1) is 0 Å². The molecular formula is C46H31NS. The van der Waals surface area contributed by atoms with Gasteiger partial charge in [-0.25, -0.2) is 0 Å². The van der Waals surface area contributed by atoms with Gasteiger partial charge in [-0.3, -0.25) is 0 Å². The highest BCUT2D eigenvalue weighted by molar-refractivity contribution is 7.26. The van der Waals surface area contributed by atoms with Gasteiger partial charge in [0.2, 0.25) is 0 Å². The molecule has 1 nitrogen and oxygen atoms in total. The molecule has 0 fully saturated rings. The van der Waals surface area contributed by atoms with Crippen molar-refractivity contribution in [2.24, 2.45) is 0 Å². The predicted octanol–water partition coefficient (Wildman–Crippen LogP) is 13.7. The van der Waals surface area contributed by atoms with Gasteiger partial charge >= 0.3 is 0 Å². The monoisotopic (exact) mass is 629 g/mol. The molecule has 0 amide bonds. The molecule has 0 saturated carbocycles. The summed E-state index contributed by atoms with van der Waals surface area (Å²) in [5.74, 6) is 0. The van der Waals surface area contributed by atoms with E-state index < -0.39 is 0 Å². The molecule has 9 aromatic rings. The lowest BCUT2D eigenvalue weighted by atomic mass is 9.93. The third-order valence-corrected chi connectivity index (χ3v) is 10.4. The number of thiophene rings is 1. The second-order valence-electron chi connectivity index (χ2n) is 12.2. The Morgan fingerprint density at radius 1 is 0.354 bits per heavy atom. The van der Waals surface area contributed by atoms with Gasteiger partial charge in [-0.2, -0.15) is 0 Å². The van der Waals surface area contributed by atoms with Gasteiger partial charge in [0.25, 0.3) is 0 Å². The molecule has 2 heteroatoms. The molecule has 1 heterocycles. The van der Waals surface area contributed by atoms with Gasteiger partial charge < -0.3 is 4.90 Å². The van der Waals surface area contributed by atoms with E-state index >= 15 is 0 Å². The smallest absolute Gasteiger partial charge is 0.0554 e. The molecule has 0 radical (unpaired) electrons. The fourth-order valence-electron chi connectivity index (χ4n) is 6.94. The van der Waals surface area contributed by atoms with E-state index in [2.05, 4.69) is 193 Å². The van der Waals surface area contributed by atoms with Crippen LogP contribution >= 0.6 is 11.3 Å². The summed E-state index contributed by atoms with van der Waals surface area (Å²) >= 11 is 1.86. The highest BCUT2D eigenvalue weighted by Gasteiger charge is 2.19. The summed E-state index contributed by atoms with van der Waals surface area (Å²) in [6, 6.07) is 68.1. The van der Waals surface area contributed by atoms with Crippen LogP contribution in [0.15, 0.2) is 188 Å². The average molecular weight is 630 g/mol. The molecule has 1 aromatic heterocycles. The minimum atomic E-state index is 1.12. The normalized spacial score (nSPS) is 11.3. The highest BCUT2D eigenvalue weighted by Crippen LogP contribution is 2.45. The molecule has 48 heavy (non-hydrogen) atoms. The van der Waals surface area contributed by atoms with E-state index in [0.717, 1.165) is 11.4 Å². The van der Waals surface area contributed by atoms with Crippen LogP contribution in [0.3, 0.4) is 0 Å². The number of nitrogens with zero attached hydrogens (tertiary/aromatic N) is 1. The molecule has 0 aliphatic carbocycles. The summed E-state index contributed by atoms with van der Waals surface area (Å²) in [7, 11) is 0. The number of benzene rings is 8. The largest absolute Gasteiger partial charge is 0.310 e. The fraction of sp³-hybridized carbons (Fsp3) is 0. The van der Waals surface area contributed by atoms with Crippen LogP contribution in [0.2, 0.25) is 0 Å². The van der Waals surface area contributed by atoms with Crippen molar-refractivity contribution in [3.63, 3.8) is 0 Å². The van der Waals surface area contributed by atoms with Gasteiger partial charge in [0, 0.05) is 31.5 Å². The van der Waals surface area contributed by atoms with Crippen molar-refractivity contribution < 1.29 is 0 Å². The van der Waals surface area contributed by atoms with Gasteiger partial charge in [-0.15, -0.1) is 11.3 Å². The first-order valence-electron chi connectivity index (χ1n) is 16.3. The third kappa shape index (κ3) is 5.04. The van der Waals surface area contributed by atoms with Crippen LogP contribution in [0.25, 0.3) is 64.3 Å². The van der Waals surface area contributed by atoms with Crippen LogP contribution < -0.4 is 4.90 Å². The zero-order valence-corrected chi connectivity index (χ0v) is 27.1. The quantitative estimate of drug-likeness (QED) is 0.177. The molecule has 0 spiro atoms. The first-order valence-corrected chi connectivity index (χ1v) is 17.2. The summed E-state index contributed by atoms with van der Waals surface area (Å²) in [6.45, 7) is 0. The van der Waals surface area contributed by atoms with Crippen LogP contribution in [0.4, 0.5) is 17.1 Å². The Bertz CT molecular complexity index is 2530. The van der Waals surface area contributed by atoms with Gasteiger partial charge in [0.1, 0.15) is 0 Å². The predicted molar refractivity (Wildman–Crippen MR) is 208 cm³/mol. The lowest BCUT2D eigenvalue weighted by Crippen LogP contribution is -2.10. The van der Waals surface area contributed by atoms with Crippen molar-refractivity contribution >= 4 is 59.3 Å². The molecule has 0 saturated heterocycles. The minimum absolute atomic E-state index is 1.12. The summed E-state index contributed by atoms with van der Waals surface area (Å²) in [5.41, 5.74) is 10.7. The molecule has 0 bridgehead atoms. The molecule has 0 unspecified atom stereocenters. The van der Waals surface area contributed by atoms with Crippen molar-refractivity contribution in [2.45, 2.75) is 0 Å². The van der Waals surface area contributed by atoms with Crippen LogP contribution in [-0.2, 0) is 0 Å². The van der Waals surface area contributed by atoms with Gasteiger partial charge in [0.05, 0.1) is 5.69 Å².